The first-order chi connectivity index (χ1) is 10.0. The van der Waals surface area contributed by atoms with Gasteiger partial charge in [-0.3, -0.25) is 0 Å². The second-order valence-corrected chi connectivity index (χ2v) is 4.85. The molecule has 0 aliphatic rings. The number of hydrogen-bond donors (Lipinski definition) is 1. The third-order valence-corrected chi connectivity index (χ3v) is 2.77. The Labute approximate surface area is 126 Å². The molecule has 0 saturated carbocycles. The molecule has 1 heterocycles. The summed E-state index contributed by atoms with van der Waals surface area (Å²) in [5.74, 6) is -0.883. The quantitative estimate of drug-likeness (QED) is 0.933. The van der Waals surface area contributed by atoms with E-state index in [1.54, 1.807) is 26.0 Å². The molecule has 0 spiro atoms. The molecule has 5 nitrogen and oxygen atoms in total. The molecule has 0 bridgehead atoms. The number of nitriles is 1. The minimum atomic E-state index is -0.702. The lowest BCUT2D eigenvalue weighted by Crippen LogP contribution is -2.10. The highest BCUT2D eigenvalue weighted by atomic mass is 35.5. The molecule has 1 aromatic heterocycles. The Kier molecular flexibility index (Phi) is 4.55. The fourth-order valence-electron chi connectivity index (χ4n) is 1.56. The molecule has 1 N–H and O–H groups in total. The average molecular weight is 307 g/mol. The maximum atomic E-state index is 14.2. The van der Waals surface area contributed by atoms with Gasteiger partial charge in [-0.2, -0.15) is 14.6 Å². The van der Waals surface area contributed by atoms with Crippen LogP contribution in [-0.2, 0) is 0 Å². The summed E-state index contributed by atoms with van der Waals surface area (Å²) in [4.78, 5) is 7.57. The summed E-state index contributed by atoms with van der Waals surface area (Å²) in [5, 5.41) is 11.8. The summed E-state index contributed by atoms with van der Waals surface area (Å²) in [6.45, 7) is 3.54. The lowest BCUT2D eigenvalue weighted by atomic mass is 10.2. The van der Waals surface area contributed by atoms with Crippen molar-refractivity contribution in [2.45, 2.75) is 20.0 Å². The Bertz CT molecular complexity index is 700. The van der Waals surface area contributed by atoms with Crippen LogP contribution in [0.4, 0.5) is 15.9 Å². The lowest BCUT2D eigenvalue weighted by molar-refractivity contribution is 0.220. The van der Waals surface area contributed by atoms with Crippen LogP contribution in [0, 0.1) is 17.1 Å². The highest BCUT2D eigenvalue weighted by Gasteiger charge is 2.14. The van der Waals surface area contributed by atoms with Crippen molar-refractivity contribution < 1.29 is 9.13 Å². The fraction of sp³-hybridized carbons (Fsp3) is 0.214. The summed E-state index contributed by atoms with van der Waals surface area (Å²) in [7, 11) is 0. The van der Waals surface area contributed by atoms with Gasteiger partial charge in [-0.1, -0.05) is 11.6 Å². The highest BCUT2D eigenvalue weighted by Crippen LogP contribution is 2.28. The molecule has 0 amide bonds. The average Bonchev–Trinajstić information content (AvgIpc) is 2.44. The second kappa shape index (κ2) is 6.37. The normalized spacial score (nSPS) is 10.3. The Morgan fingerprint density at radius 1 is 1.38 bits per heavy atom. The van der Waals surface area contributed by atoms with E-state index in [9.17, 15) is 4.39 Å². The fourth-order valence-corrected chi connectivity index (χ4v) is 1.79. The summed E-state index contributed by atoms with van der Waals surface area (Å²) in [6.07, 6.45) is 0.987. The van der Waals surface area contributed by atoms with Crippen LogP contribution in [0.1, 0.15) is 19.4 Å². The molecule has 2 aromatic rings. The van der Waals surface area contributed by atoms with E-state index in [2.05, 4.69) is 15.3 Å². The van der Waals surface area contributed by atoms with Crippen LogP contribution < -0.4 is 10.1 Å². The van der Waals surface area contributed by atoms with Gasteiger partial charge in [0.1, 0.15) is 6.33 Å². The van der Waals surface area contributed by atoms with Crippen LogP contribution in [-0.4, -0.2) is 16.1 Å². The van der Waals surface area contributed by atoms with Crippen molar-refractivity contribution in [3.63, 3.8) is 0 Å². The standard InChI is InChI=1S/C14H12ClFN4O/c1-8(2)21-14-12(16)13(18-7-19-14)20-11-4-3-9(6-17)5-10(11)15/h3-5,7-8H,1-2H3,(H,18,19,20). The molecule has 0 fully saturated rings. The van der Waals surface area contributed by atoms with E-state index >= 15 is 0 Å². The van der Waals surface area contributed by atoms with E-state index in [4.69, 9.17) is 21.6 Å². The second-order valence-electron chi connectivity index (χ2n) is 4.44. The predicted molar refractivity (Wildman–Crippen MR) is 77.2 cm³/mol. The monoisotopic (exact) mass is 306 g/mol. The minimum Gasteiger partial charge on any atom is -0.473 e. The Morgan fingerprint density at radius 2 is 2.14 bits per heavy atom. The molecular weight excluding hydrogens is 295 g/mol. The van der Waals surface area contributed by atoms with Gasteiger partial charge < -0.3 is 10.1 Å². The molecule has 0 unspecified atom stereocenters. The van der Waals surface area contributed by atoms with E-state index < -0.39 is 5.82 Å². The molecular formula is C14H12ClFN4O. The number of ether oxygens (including phenoxy) is 1. The number of nitrogens with one attached hydrogen (secondary N) is 1. The number of anilines is 2. The van der Waals surface area contributed by atoms with E-state index in [0.29, 0.717) is 16.3 Å². The van der Waals surface area contributed by atoms with Crippen LogP contribution in [0.25, 0.3) is 0 Å². The van der Waals surface area contributed by atoms with Crippen molar-refractivity contribution in [1.82, 2.24) is 9.97 Å². The first-order valence-electron chi connectivity index (χ1n) is 6.15. The summed E-state index contributed by atoms with van der Waals surface area (Å²) >= 11 is 6.02. The Balaban J connectivity index is 2.30. The maximum Gasteiger partial charge on any atom is 0.256 e. The van der Waals surface area contributed by atoms with E-state index in [-0.39, 0.29) is 17.8 Å². The van der Waals surface area contributed by atoms with Crippen molar-refractivity contribution in [1.29, 1.82) is 5.26 Å². The van der Waals surface area contributed by atoms with Crippen LogP contribution >= 0.6 is 11.6 Å². The number of benzene rings is 1. The summed E-state index contributed by atoms with van der Waals surface area (Å²) in [6, 6.07) is 6.59. The van der Waals surface area contributed by atoms with Gasteiger partial charge in [-0.15, -0.1) is 0 Å². The largest absolute Gasteiger partial charge is 0.473 e. The van der Waals surface area contributed by atoms with Crippen LogP contribution in [0.2, 0.25) is 5.02 Å². The number of rotatable bonds is 4. The molecule has 0 radical (unpaired) electrons. The van der Waals surface area contributed by atoms with Gasteiger partial charge >= 0.3 is 0 Å². The molecule has 0 aliphatic heterocycles. The third-order valence-electron chi connectivity index (χ3n) is 2.46. The maximum absolute atomic E-state index is 14.2. The van der Waals surface area contributed by atoms with Gasteiger partial charge in [0.05, 0.1) is 28.4 Å². The zero-order chi connectivity index (χ0) is 15.4. The van der Waals surface area contributed by atoms with Crippen LogP contribution in [0.3, 0.4) is 0 Å². The molecule has 0 saturated heterocycles. The number of nitrogens with zero attached hydrogens (tertiary/aromatic N) is 3. The predicted octanol–water partition coefficient (Wildman–Crippen LogP) is 3.67. The Morgan fingerprint density at radius 3 is 2.76 bits per heavy atom. The molecule has 108 valence electrons. The molecule has 0 aliphatic carbocycles. The molecule has 7 heteroatoms. The van der Waals surface area contributed by atoms with Gasteiger partial charge in [0.2, 0.25) is 5.82 Å². The summed E-state index contributed by atoms with van der Waals surface area (Å²) in [5.41, 5.74) is 0.848. The Hall–Kier alpha value is -2.39. The van der Waals surface area contributed by atoms with E-state index in [1.807, 2.05) is 6.07 Å². The highest BCUT2D eigenvalue weighted by molar-refractivity contribution is 6.33. The lowest BCUT2D eigenvalue weighted by Gasteiger charge is -2.12. The van der Waals surface area contributed by atoms with Gasteiger partial charge in [0.25, 0.3) is 5.88 Å². The van der Waals surface area contributed by atoms with Crippen molar-refractivity contribution in [2.75, 3.05) is 5.32 Å². The molecule has 21 heavy (non-hydrogen) atoms. The van der Waals surface area contributed by atoms with Gasteiger partial charge in [0, 0.05) is 0 Å². The van der Waals surface area contributed by atoms with E-state index in [1.165, 1.54) is 12.4 Å². The number of halogens is 2. The van der Waals surface area contributed by atoms with Crippen LogP contribution in [0.15, 0.2) is 24.5 Å². The molecule has 2 rings (SSSR count). The number of aromatic nitrogens is 2. The van der Waals surface area contributed by atoms with E-state index in [0.717, 1.165) is 0 Å². The number of hydrogen-bond acceptors (Lipinski definition) is 5. The van der Waals surface area contributed by atoms with Crippen molar-refractivity contribution in [2.24, 2.45) is 0 Å². The zero-order valence-electron chi connectivity index (χ0n) is 11.4. The molecule has 0 atom stereocenters. The minimum absolute atomic E-state index is 0.0488. The first-order valence-corrected chi connectivity index (χ1v) is 6.53. The van der Waals surface area contributed by atoms with Gasteiger partial charge in [0.15, 0.2) is 5.82 Å². The van der Waals surface area contributed by atoms with Crippen molar-refractivity contribution in [3.05, 3.63) is 40.9 Å². The zero-order valence-corrected chi connectivity index (χ0v) is 12.1. The van der Waals surface area contributed by atoms with Crippen molar-refractivity contribution >= 4 is 23.1 Å². The van der Waals surface area contributed by atoms with Gasteiger partial charge in [-0.05, 0) is 32.0 Å². The smallest absolute Gasteiger partial charge is 0.256 e. The topological polar surface area (TPSA) is 70.8 Å². The SMILES string of the molecule is CC(C)Oc1ncnc(Nc2ccc(C#N)cc2Cl)c1F. The van der Waals surface area contributed by atoms with Crippen LogP contribution in [0.5, 0.6) is 5.88 Å². The van der Waals surface area contributed by atoms with Crippen molar-refractivity contribution in [3.8, 4) is 11.9 Å². The van der Waals surface area contributed by atoms with Gasteiger partial charge in [-0.25, -0.2) is 4.98 Å². The third kappa shape index (κ3) is 3.58. The first kappa shape index (κ1) is 15.0. The summed E-state index contributed by atoms with van der Waals surface area (Å²) < 4.78 is 19.4. The molecule has 1 aromatic carbocycles.